The van der Waals surface area contributed by atoms with E-state index in [1.165, 1.54) is 25.3 Å². The molecule has 88 valence electrons. The van der Waals surface area contributed by atoms with E-state index in [0.717, 1.165) is 0 Å². The lowest BCUT2D eigenvalue weighted by atomic mass is 10.1. The lowest BCUT2D eigenvalue weighted by Crippen LogP contribution is -2.27. The van der Waals surface area contributed by atoms with Crippen LogP contribution in [0.25, 0.3) is 0 Å². The van der Waals surface area contributed by atoms with Crippen LogP contribution in [0.15, 0.2) is 18.2 Å². The van der Waals surface area contributed by atoms with Crippen molar-refractivity contribution in [3.8, 4) is 5.75 Å². The molecule has 6 nitrogen and oxygen atoms in total. The lowest BCUT2D eigenvalue weighted by molar-refractivity contribution is -0.384. The standard InChI is InChI=1S/C10H14N2O4/c1-16-10-3-2-9(12(14)15)5-7(10)4-8(11)6-13/h2-3,5,8,13H,4,6,11H2,1H3. The highest BCUT2D eigenvalue weighted by molar-refractivity contribution is 5.44. The quantitative estimate of drug-likeness (QED) is 0.561. The highest BCUT2D eigenvalue weighted by Crippen LogP contribution is 2.24. The Balaban J connectivity index is 3.02. The van der Waals surface area contributed by atoms with E-state index < -0.39 is 11.0 Å². The predicted octanol–water partition coefficient (Wildman–Crippen LogP) is 0.465. The molecule has 1 aromatic rings. The predicted molar refractivity (Wildman–Crippen MR) is 58.4 cm³/mol. The molecule has 6 heteroatoms. The number of nitro benzene ring substituents is 1. The molecule has 0 fully saturated rings. The Labute approximate surface area is 92.8 Å². The van der Waals surface area contributed by atoms with Gasteiger partial charge >= 0.3 is 0 Å². The van der Waals surface area contributed by atoms with Crippen molar-refractivity contribution in [2.75, 3.05) is 13.7 Å². The molecule has 3 N–H and O–H groups in total. The number of aliphatic hydroxyl groups is 1. The molecule has 1 rings (SSSR count). The molecule has 0 aromatic heterocycles. The number of nitro groups is 1. The van der Waals surface area contributed by atoms with Gasteiger partial charge in [0, 0.05) is 23.7 Å². The van der Waals surface area contributed by atoms with Gasteiger partial charge in [-0.2, -0.15) is 0 Å². The zero-order valence-corrected chi connectivity index (χ0v) is 8.92. The van der Waals surface area contributed by atoms with E-state index in [2.05, 4.69) is 0 Å². The SMILES string of the molecule is COc1ccc([N+](=O)[O-])cc1CC(N)CO. The maximum atomic E-state index is 10.6. The van der Waals surface area contributed by atoms with Crippen LogP contribution in [0, 0.1) is 10.1 Å². The zero-order chi connectivity index (χ0) is 12.1. The van der Waals surface area contributed by atoms with Gasteiger partial charge in [-0.05, 0) is 12.5 Å². The maximum absolute atomic E-state index is 10.6. The molecule has 1 unspecified atom stereocenters. The highest BCUT2D eigenvalue weighted by atomic mass is 16.6. The Morgan fingerprint density at radius 3 is 2.81 bits per heavy atom. The number of nitrogens with two attached hydrogens (primary N) is 1. The second-order valence-corrected chi connectivity index (χ2v) is 3.40. The third kappa shape index (κ3) is 2.91. The van der Waals surface area contributed by atoms with Gasteiger partial charge in [-0.25, -0.2) is 0 Å². The van der Waals surface area contributed by atoms with E-state index in [-0.39, 0.29) is 12.3 Å². The molecule has 1 aromatic carbocycles. The molecular formula is C10H14N2O4. The van der Waals surface area contributed by atoms with Crippen LogP contribution in [0.4, 0.5) is 5.69 Å². The van der Waals surface area contributed by atoms with Gasteiger partial charge in [0.15, 0.2) is 0 Å². The fourth-order valence-electron chi connectivity index (χ4n) is 1.39. The van der Waals surface area contributed by atoms with Crippen LogP contribution < -0.4 is 10.5 Å². The Hall–Kier alpha value is -1.66. The van der Waals surface area contributed by atoms with E-state index in [0.29, 0.717) is 17.7 Å². The number of rotatable bonds is 5. The fourth-order valence-corrected chi connectivity index (χ4v) is 1.39. The number of hydrogen-bond acceptors (Lipinski definition) is 5. The van der Waals surface area contributed by atoms with Crippen molar-refractivity contribution >= 4 is 5.69 Å². The summed E-state index contributed by atoms with van der Waals surface area (Å²) in [6.07, 6.45) is 0.335. The minimum atomic E-state index is -0.479. The monoisotopic (exact) mass is 226 g/mol. The van der Waals surface area contributed by atoms with Crippen molar-refractivity contribution < 1.29 is 14.8 Å². The van der Waals surface area contributed by atoms with Crippen LogP contribution in [0.1, 0.15) is 5.56 Å². The number of methoxy groups -OCH3 is 1. The average molecular weight is 226 g/mol. The Kier molecular flexibility index (Phi) is 4.21. The van der Waals surface area contributed by atoms with Crippen molar-refractivity contribution in [3.05, 3.63) is 33.9 Å². The van der Waals surface area contributed by atoms with Gasteiger partial charge in [0.25, 0.3) is 5.69 Å². The Bertz CT molecular complexity index is 381. The van der Waals surface area contributed by atoms with Gasteiger partial charge in [-0.1, -0.05) is 0 Å². The van der Waals surface area contributed by atoms with Crippen molar-refractivity contribution in [2.45, 2.75) is 12.5 Å². The third-order valence-electron chi connectivity index (χ3n) is 2.19. The van der Waals surface area contributed by atoms with Crippen LogP contribution >= 0.6 is 0 Å². The number of hydrogen-bond donors (Lipinski definition) is 2. The van der Waals surface area contributed by atoms with Crippen LogP contribution in [0.5, 0.6) is 5.75 Å². The van der Waals surface area contributed by atoms with Gasteiger partial charge < -0.3 is 15.6 Å². The molecule has 0 amide bonds. The van der Waals surface area contributed by atoms with Gasteiger partial charge in [-0.15, -0.1) is 0 Å². The molecule has 0 heterocycles. The number of nitrogens with zero attached hydrogens (tertiary/aromatic N) is 1. The summed E-state index contributed by atoms with van der Waals surface area (Å²) in [5.74, 6) is 0.537. The van der Waals surface area contributed by atoms with Crippen LogP contribution in [0.3, 0.4) is 0 Å². The first kappa shape index (κ1) is 12.4. The van der Waals surface area contributed by atoms with Crippen molar-refractivity contribution in [1.29, 1.82) is 0 Å². The van der Waals surface area contributed by atoms with E-state index in [1.54, 1.807) is 0 Å². The molecule has 0 saturated heterocycles. The number of benzene rings is 1. The number of non-ortho nitro benzene ring substituents is 1. The van der Waals surface area contributed by atoms with E-state index in [1.807, 2.05) is 0 Å². The molecule has 1 atom stereocenters. The molecular weight excluding hydrogens is 212 g/mol. The minimum absolute atomic E-state index is 0.0130. The molecule has 0 aliphatic rings. The Morgan fingerprint density at radius 2 is 2.31 bits per heavy atom. The molecule has 0 saturated carbocycles. The van der Waals surface area contributed by atoms with Gasteiger partial charge in [0.1, 0.15) is 5.75 Å². The average Bonchev–Trinajstić information content (AvgIpc) is 2.28. The summed E-state index contributed by atoms with van der Waals surface area (Å²) in [6.45, 7) is -0.175. The van der Waals surface area contributed by atoms with Crippen LogP contribution in [-0.4, -0.2) is 29.8 Å². The van der Waals surface area contributed by atoms with Crippen molar-refractivity contribution in [2.24, 2.45) is 5.73 Å². The lowest BCUT2D eigenvalue weighted by Gasteiger charge is -2.11. The summed E-state index contributed by atoms with van der Waals surface area (Å²) < 4.78 is 5.07. The molecule has 0 radical (unpaired) electrons. The summed E-state index contributed by atoms with van der Waals surface area (Å²) in [6, 6.07) is 3.86. The summed E-state index contributed by atoms with van der Waals surface area (Å²) in [5, 5.41) is 19.4. The molecule has 0 bridgehead atoms. The fraction of sp³-hybridized carbons (Fsp3) is 0.400. The summed E-state index contributed by atoms with van der Waals surface area (Å²) >= 11 is 0. The number of ether oxygens (including phenoxy) is 1. The molecule has 0 spiro atoms. The summed E-state index contributed by atoms with van der Waals surface area (Å²) in [4.78, 5) is 10.1. The maximum Gasteiger partial charge on any atom is 0.269 e. The molecule has 0 aliphatic heterocycles. The number of aliphatic hydroxyl groups excluding tert-OH is 1. The van der Waals surface area contributed by atoms with Crippen LogP contribution in [0.2, 0.25) is 0 Å². The summed E-state index contributed by atoms with van der Waals surface area (Å²) in [7, 11) is 1.48. The van der Waals surface area contributed by atoms with Crippen molar-refractivity contribution in [3.63, 3.8) is 0 Å². The largest absolute Gasteiger partial charge is 0.496 e. The molecule has 16 heavy (non-hydrogen) atoms. The Morgan fingerprint density at radius 1 is 1.62 bits per heavy atom. The van der Waals surface area contributed by atoms with Gasteiger partial charge in [0.05, 0.1) is 18.6 Å². The summed E-state index contributed by atoms with van der Waals surface area (Å²) in [5.41, 5.74) is 6.19. The first-order chi connectivity index (χ1) is 7.58. The van der Waals surface area contributed by atoms with Crippen LogP contribution in [-0.2, 0) is 6.42 Å². The van der Waals surface area contributed by atoms with Crippen molar-refractivity contribution in [1.82, 2.24) is 0 Å². The van der Waals surface area contributed by atoms with E-state index in [9.17, 15) is 10.1 Å². The van der Waals surface area contributed by atoms with E-state index in [4.69, 9.17) is 15.6 Å². The normalized spacial score (nSPS) is 12.2. The molecule has 0 aliphatic carbocycles. The van der Waals surface area contributed by atoms with E-state index >= 15 is 0 Å². The first-order valence-electron chi connectivity index (χ1n) is 4.76. The first-order valence-corrected chi connectivity index (χ1v) is 4.76. The highest BCUT2D eigenvalue weighted by Gasteiger charge is 2.13. The second kappa shape index (κ2) is 5.43. The van der Waals surface area contributed by atoms with Gasteiger partial charge in [-0.3, -0.25) is 10.1 Å². The zero-order valence-electron chi connectivity index (χ0n) is 8.92. The second-order valence-electron chi connectivity index (χ2n) is 3.40. The van der Waals surface area contributed by atoms with Gasteiger partial charge in [0.2, 0.25) is 0 Å². The third-order valence-corrected chi connectivity index (χ3v) is 2.19. The topological polar surface area (TPSA) is 98.6 Å². The smallest absolute Gasteiger partial charge is 0.269 e. The minimum Gasteiger partial charge on any atom is -0.496 e.